The third kappa shape index (κ3) is 6.29. The first-order valence-corrected chi connectivity index (χ1v) is 9.77. The molecule has 2 aromatic carbocycles. The topological polar surface area (TPSA) is 74.2 Å². The number of hydrogen-bond donors (Lipinski definition) is 2. The molecule has 0 aromatic heterocycles. The second kappa shape index (κ2) is 10.0. The van der Waals surface area contributed by atoms with Crippen LogP contribution in [0, 0.1) is 5.82 Å². The third-order valence-electron chi connectivity index (χ3n) is 4.85. The van der Waals surface area contributed by atoms with Gasteiger partial charge in [0.25, 0.3) is 5.91 Å². The number of rotatable bonds is 7. The molecular formula is C22H26FN3O3. The molecule has 1 fully saturated rings. The second-order valence-corrected chi connectivity index (χ2v) is 7.16. The summed E-state index contributed by atoms with van der Waals surface area (Å²) in [5.74, 6) is -0.327. The van der Waals surface area contributed by atoms with E-state index < -0.39 is 11.7 Å². The summed E-state index contributed by atoms with van der Waals surface area (Å²) in [6.45, 7) is 4.29. The number of piperidine rings is 1. The van der Waals surface area contributed by atoms with E-state index in [1.165, 1.54) is 37.5 Å². The molecule has 154 valence electrons. The van der Waals surface area contributed by atoms with Gasteiger partial charge in [0, 0.05) is 18.2 Å². The Morgan fingerprint density at radius 1 is 1.21 bits per heavy atom. The van der Waals surface area contributed by atoms with Gasteiger partial charge in [-0.15, -0.1) is 0 Å². The minimum atomic E-state index is -0.444. The standard InChI is InChI=1S/C22H26FN3O3/c1-16(24-25-22(28)15-29-20-7-5-6-19(23)13-20)17-8-9-21(27)18(12-17)14-26-10-3-2-4-11-26/h5-9,12-13,27H,2-4,10-11,14-15H2,1H3,(H,25,28)/b24-16+. The van der Waals surface area contributed by atoms with Crippen molar-refractivity contribution in [2.75, 3.05) is 19.7 Å². The smallest absolute Gasteiger partial charge is 0.277 e. The van der Waals surface area contributed by atoms with Crippen LogP contribution in [-0.4, -0.2) is 41.3 Å². The lowest BCUT2D eigenvalue weighted by molar-refractivity contribution is -0.123. The molecule has 0 atom stereocenters. The number of phenols is 1. The van der Waals surface area contributed by atoms with Gasteiger partial charge in [0.2, 0.25) is 0 Å². The minimum absolute atomic E-state index is 0.264. The van der Waals surface area contributed by atoms with E-state index in [1.807, 2.05) is 6.07 Å². The first kappa shape index (κ1) is 20.8. The number of nitrogens with one attached hydrogen (secondary N) is 1. The summed E-state index contributed by atoms with van der Waals surface area (Å²) in [7, 11) is 0. The number of aromatic hydroxyl groups is 1. The number of phenolic OH excluding ortho intramolecular Hbond substituents is 1. The van der Waals surface area contributed by atoms with Crippen molar-refractivity contribution in [1.29, 1.82) is 0 Å². The summed E-state index contributed by atoms with van der Waals surface area (Å²) in [6, 6.07) is 10.9. The number of nitrogens with zero attached hydrogens (tertiary/aromatic N) is 2. The van der Waals surface area contributed by atoms with Gasteiger partial charge in [-0.05, 0) is 68.8 Å². The first-order chi connectivity index (χ1) is 14.0. The SMILES string of the molecule is C/C(=N\NC(=O)COc1cccc(F)c1)c1ccc(O)c(CN2CCCCC2)c1. The van der Waals surface area contributed by atoms with Crippen molar-refractivity contribution in [3.63, 3.8) is 0 Å². The predicted molar refractivity (Wildman–Crippen MR) is 109 cm³/mol. The normalized spacial score (nSPS) is 15.2. The lowest BCUT2D eigenvalue weighted by Crippen LogP contribution is -2.29. The van der Waals surface area contributed by atoms with Gasteiger partial charge in [-0.3, -0.25) is 9.69 Å². The molecule has 1 heterocycles. The summed E-state index contributed by atoms with van der Waals surface area (Å²) in [6.07, 6.45) is 3.63. The molecule has 0 spiro atoms. The summed E-state index contributed by atoms with van der Waals surface area (Å²) < 4.78 is 18.4. The van der Waals surface area contributed by atoms with Crippen molar-refractivity contribution in [3.8, 4) is 11.5 Å². The van der Waals surface area contributed by atoms with Crippen LogP contribution in [0.3, 0.4) is 0 Å². The monoisotopic (exact) mass is 399 g/mol. The lowest BCUT2D eigenvalue weighted by atomic mass is 10.0. The van der Waals surface area contributed by atoms with Crippen molar-refractivity contribution in [2.24, 2.45) is 5.10 Å². The average molecular weight is 399 g/mol. The lowest BCUT2D eigenvalue weighted by Gasteiger charge is -2.26. The molecule has 0 radical (unpaired) electrons. The first-order valence-electron chi connectivity index (χ1n) is 9.77. The number of carbonyl (C=O) groups excluding carboxylic acids is 1. The number of benzene rings is 2. The maximum atomic E-state index is 13.1. The summed E-state index contributed by atoms with van der Waals surface area (Å²) in [5, 5.41) is 14.3. The highest BCUT2D eigenvalue weighted by Gasteiger charge is 2.13. The van der Waals surface area contributed by atoms with Gasteiger partial charge in [-0.2, -0.15) is 5.10 Å². The van der Waals surface area contributed by atoms with E-state index in [2.05, 4.69) is 15.4 Å². The highest BCUT2D eigenvalue weighted by molar-refractivity contribution is 5.99. The molecule has 29 heavy (non-hydrogen) atoms. The second-order valence-electron chi connectivity index (χ2n) is 7.16. The van der Waals surface area contributed by atoms with Crippen LogP contribution in [0.2, 0.25) is 0 Å². The van der Waals surface area contributed by atoms with Gasteiger partial charge < -0.3 is 9.84 Å². The fourth-order valence-corrected chi connectivity index (χ4v) is 3.24. The number of hydrogen-bond acceptors (Lipinski definition) is 5. The maximum Gasteiger partial charge on any atom is 0.277 e. The molecule has 0 unspecified atom stereocenters. The summed E-state index contributed by atoms with van der Waals surface area (Å²) in [5.41, 5.74) is 4.72. The van der Waals surface area contributed by atoms with E-state index in [0.717, 1.165) is 24.2 Å². The molecule has 7 heteroatoms. The van der Waals surface area contributed by atoms with Crippen molar-refractivity contribution in [2.45, 2.75) is 32.7 Å². The van der Waals surface area contributed by atoms with Gasteiger partial charge >= 0.3 is 0 Å². The molecule has 1 amide bonds. The van der Waals surface area contributed by atoms with Crippen molar-refractivity contribution >= 4 is 11.6 Å². The zero-order valence-electron chi connectivity index (χ0n) is 16.5. The van der Waals surface area contributed by atoms with E-state index >= 15 is 0 Å². The van der Waals surface area contributed by atoms with Crippen LogP contribution < -0.4 is 10.2 Å². The Morgan fingerprint density at radius 2 is 2.00 bits per heavy atom. The number of ether oxygens (including phenoxy) is 1. The van der Waals surface area contributed by atoms with Crippen LogP contribution in [-0.2, 0) is 11.3 Å². The van der Waals surface area contributed by atoms with Gasteiger partial charge in [0.15, 0.2) is 6.61 Å². The molecule has 6 nitrogen and oxygen atoms in total. The van der Waals surface area contributed by atoms with Gasteiger partial charge in [0.05, 0.1) is 5.71 Å². The van der Waals surface area contributed by atoms with E-state index in [-0.39, 0.29) is 18.1 Å². The molecule has 1 saturated heterocycles. The average Bonchev–Trinajstić information content (AvgIpc) is 2.73. The molecule has 0 aliphatic carbocycles. The predicted octanol–water partition coefficient (Wildman–Crippen LogP) is 3.44. The van der Waals surface area contributed by atoms with Gasteiger partial charge in [-0.25, -0.2) is 9.82 Å². The number of halogens is 1. The van der Waals surface area contributed by atoms with Crippen LogP contribution >= 0.6 is 0 Å². The van der Waals surface area contributed by atoms with Crippen LogP contribution in [0.4, 0.5) is 4.39 Å². The van der Waals surface area contributed by atoms with E-state index in [1.54, 1.807) is 25.1 Å². The van der Waals surface area contributed by atoms with Crippen LogP contribution in [0.5, 0.6) is 11.5 Å². The number of likely N-dealkylation sites (tertiary alicyclic amines) is 1. The van der Waals surface area contributed by atoms with Crippen LogP contribution in [0.15, 0.2) is 47.6 Å². The Hall–Kier alpha value is -2.93. The molecule has 0 bridgehead atoms. The third-order valence-corrected chi connectivity index (χ3v) is 4.85. The Kier molecular flexibility index (Phi) is 7.19. The quantitative estimate of drug-likeness (QED) is 0.553. The Balaban J connectivity index is 1.57. The molecule has 1 aliphatic heterocycles. The fourth-order valence-electron chi connectivity index (χ4n) is 3.24. The maximum absolute atomic E-state index is 13.1. The van der Waals surface area contributed by atoms with Gasteiger partial charge in [-0.1, -0.05) is 12.5 Å². The highest BCUT2D eigenvalue weighted by Crippen LogP contribution is 2.22. The molecule has 1 aliphatic rings. The largest absolute Gasteiger partial charge is 0.508 e. The molecule has 2 N–H and O–H groups in total. The number of amides is 1. The Labute approximate surface area is 170 Å². The number of carbonyl (C=O) groups is 1. The zero-order chi connectivity index (χ0) is 20.6. The molecule has 0 saturated carbocycles. The minimum Gasteiger partial charge on any atom is -0.508 e. The molecule has 3 rings (SSSR count). The van der Waals surface area contributed by atoms with Crippen LogP contribution in [0.1, 0.15) is 37.3 Å². The van der Waals surface area contributed by atoms with E-state index in [9.17, 15) is 14.3 Å². The zero-order valence-corrected chi connectivity index (χ0v) is 16.5. The van der Waals surface area contributed by atoms with Crippen molar-refractivity contribution in [3.05, 3.63) is 59.4 Å². The Morgan fingerprint density at radius 3 is 2.76 bits per heavy atom. The molecular weight excluding hydrogens is 373 g/mol. The molecule has 2 aromatic rings. The van der Waals surface area contributed by atoms with Gasteiger partial charge in [0.1, 0.15) is 17.3 Å². The van der Waals surface area contributed by atoms with Crippen molar-refractivity contribution < 1.29 is 19.0 Å². The summed E-state index contributed by atoms with van der Waals surface area (Å²) >= 11 is 0. The Bertz CT molecular complexity index is 879. The van der Waals surface area contributed by atoms with E-state index in [0.29, 0.717) is 12.3 Å². The highest BCUT2D eigenvalue weighted by atomic mass is 19.1. The number of hydrazone groups is 1. The summed E-state index contributed by atoms with van der Waals surface area (Å²) in [4.78, 5) is 14.3. The fraction of sp³-hybridized carbons (Fsp3) is 0.364. The van der Waals surface area contributed by atoms with E-state index in [4.69, 9.17) is 4.74 Å². The van der Waals surface area contributed by atoms with Crippen LogP contribution in [0.25, 0.3) is 0 Å². The van der Waals surface area contributed by atoms with Crippen molar-refractivity contribution in [1.82, 2.24) is 10.3 Å².